The van der Waals surface area contributed by atoms with E-state index in [4.69, 9.17) is 0 Å². The van der Waals surface area contributed by atoms with Crippen molar-refractivity contribution in [3.05, 3.63) is 0 Å². The first kappa shape index (κ1) is 11.0. The molecular weight excluding hydrogens is 218 g/mol. The maximum Gasteiger partial charge on any atom is 0.312 e. The molecule has 2 heterocycles. The zero-order chi connectivity index (χ0) is 11.8. The average Bonchev–Trinajstić information content (AvgIpc) is 2.29. The molecule has 1 aliphatic carbocycles. The van der Waals surface area contributed by atoms with Crippen molar-refractivity contribution < 1.29 is 9.59 Å². The number of carbonyl (C=O) groups excluding carboxylic acids is 2. The van der Waals surface area contributed by atoms with E-state index in [0.717, 1.165) is 19.0 Å². The molecule has 0 aromatic rings. The molecule has 2 amide bonds. The number of fused-ring (bicyclic) bond motifs is 1. The molecule has 94 valence electrons. The van der Waals surface area contributed by atoms with Gasteiger partial charge in [-0.15, -0.1) is 0 Å². The molecule has 0 spiro atoms. The first-order valence-electron chi connectivity index (χ1n) is 6.55. The highest BCUT2D eigenvalue weighted by atomic mass is 16.2. The van der Waals surface area contributed by atoms with Crippen molar-refractivity contribution in [2.75, 3.05) is 32.7 Å². The fraction of sp³-hybridized carbons (Fsp3) is 0.833. The smallest absolute Gasteiger partial charge is 0.312 e. The second-order valence-electron chi connectivity index (χ2n) is 5.42. The van der Waals surface area contributed by atoms with Crippen LogP contribution in [-0.4, -0.2) is 60.4 Å². The van der Waals surface area contributed by atoms with Crippen LogP contribution in [0.5, 0.6) is 0 Å². The molecule has 0 bridgehead atoms. The number of hydrogen-bond donors (Lipinski definition) is 1. The third kappa shape index (κ3) is 2.04. The fourth-order valence-electron chi connectivity index (χ4n) is 2.98. The summed E-state index contributed by atoms with van der Waals surface area (Å²) in [5.74, 6) is 0.0914. The Morgan fingerprint density at radius 1 is 1.24 bits per heavy atom. The van der Waals surface area contributed by atoms with Gasteiger partial charge < -0.3 is 10.2 Å². The van der Waals surface area contributed by atoms with E-state index < -0.39 is 5.91 Å². The second-order valence-corrected chi connectivity index (χ2v) is 5.42. The molecule has 1 atom stereocenters. The monoisotopic (exact) mass is 237 g/mol. The van der Waals surface area contributed by atoms with Crippen LogP contribution in [0.1, 0.15) is 19.3 Å². The van der Waals surface area contributed by atoms with E-state index >= 15 is 0 Å². The van der Waals surface area contributed by atoms with Crippen LogP contribution in [0.25, 0.3) is 0 Å². The van der Waals surface area contributed by atoms with Gasteiger partial charge in [-0.05, 0) is 18.8 Å². The Bertz CT molecular complexity index is 341. The molecule has 3 rings (SSSR count). The van der Waals surface area contributed by atoms with Crippen molar-refractivity contribution in [3.8, 4) is 0 Å². The van der Waals surface area contributed by atoms with Crippen molar-refractivity contribution in [2.24, 2.45) is 5.92 Å². The Balaban J connectivity index is 1.58. The summed E-state index contributed by atoms with van der Waals surface area (Å²) in [5.41, 5.74) is 0. The quantitative estimate of drug-likeness (QED) is 0.654. The summed E-state index contributed by atoms with van der Waals surface area (Å²) < 4.78 is 0. The summed E-state index contributed by atoms with van der Waals surface area (Å²) in [5, 5.41) is 2.68. The Morgan fingerprint density at radius 2 is 2.06 bits per heavy atom. The van der Waals surface area contributed by atoms with E-state index in [1.54, 1.807) is 4.90 Å². The van der Waals surface area contributed by atoms with Gasteiger partial charge in [0.15, 0.2) is 0 Å². The van der Waals surface area contributed by atoms with Crippen molar-refractivity contribution in [1.29, 1.82) is 0 Å². The highest BCUT2D eigenvalue weighted by molar-refractivity contribution is 6.35. The van der Waals surface area contributed by atoms with Crippen LogP contribution in [0.3, 0.4) is 0 Å². The van der Waals surface area contributed by atoms with Gasteiger partial charge in [0.2, 0.25) is 0 Å². The SMILES string of the molecule is O=C1NCC2CN(CC3CCC3)CCN2C1=O. The van der Waals surface area contributed by atoms with Crippen LogP contribution in [0.2, 0.25) is 0 Å². The Kier molecular flexibility index (Phi) is 2.78. The van der Waals surface area contributed by atoms with Crippen LogP contribution in [0.4, 0.5) is 0 Å². The predicted octanol–water partition coefficient (Wildman–Crippen LogP) is -0.571. The van der Waals surface area contributed by atoms with E-state index in [2.05, 4.69) is 10.2 Å². The van der Waals surface area contributed by atoms with E-state index in [-0.39, 0.29) is 11.9 Å². The van der Waals surface area contributed by atoms with Crippen LogP contribution in [-0.2, 0) is 9.59 Å². The molecule has 5 heteroatoms. The molecule has 5 nitrogen and oxygen atoms in total. The Labute approximate surface area is 101 Å². The number of rotatable bonds is 2. The first-order chi connectivity index (χ1) is 8.24. The minimum Gasteiger partial charge on any atom is -0.346 e. The largest absolute Gasteiger partial charge is 0.346 e. The van der Waals surface area contributed by atoms with Gasteiger partial charge in [0.05, 0.1) is 6.04 Å². The van der Waals surface area contributed by atoms with E-state index in [1.165, 1.54) is 25.8 Å². The molecular formula is C12H19N3O2. The molecule has 3 fully saturated rings. The highest BCUT2D eigenvalue weighted by Crippen LogP contribution is 2.28. The number of amides is 2. The lowest BCUT2D eigenvalue weighted by molar-refractivity contribution is -0.152. The van der Waals surface area contributed by atoms with E-state index in [0.29, 0.717) is 13.1 Å². The molecule has 2 saturated heterocycles. The van der Waals surface area contributed by atoms with Gasteiger partial charge in [0.1, 0.15) is 0 Å². The molecule has 1 saturated carbocycles. The third-order valence-electron chi connectivity index (χ3n) is 4.26. The second kappa shape index (κ2) is 4.29. The fourth-order valence-corrected chi connectivity index (χ4v) is 2.98. The lowest BCUT2D eigenvalue weighted by Crippen LogP contribution is -2.65. The van der Waals surface area contributed by atoms with E-state index in [1.807, 2.05) is 0 Å². The van der Waals surface area contributed by atoms with Crippen molar-refractivity contribution in [3.63, 3.8) is 0 Å². The van der Waals surface area contributed by atoms with Crippen molar-refractivity contribution in [2.45, 2.75) is 25.3 Å². The van der Waals surface area contributed by atoms with E-state index in [9.17, 15) is 9.59 Å². The highest BCUT2D eigenvalue weighted by Gasteiger charge is 2.38. The maximum atomic E-state index is 11.7. The zero-order valence-corrected chi connectivity index (χ0v) is 10.0. The molecule has 0 radical (unpaired) electrons. The molecule has 1 N–H and O–H groups in total. The molecule has 17 heavy (non-hydrogen) atoms. The number of nitrogens with one attached hydrogen (secondary N) is 1. The summed E-state index contributed by atoms with van der Waals surface area (Å²) in [6.45, 7) is 4.34. The van der Waals surface area contributed by atoms with Crippen molar-refractivity contribution >= 4 is 11.8 Å². The lowest BCUT2D eigenvalue weighted by atomic mass is 9.85. The van der Waals surface area contributed by atoms with Crippen LogP contribution >= 0.6 is 0 Å². The standard InChI is InChI=1S/C12H19N3O2/c16-11-12(17)15-5-4-14(7-9-2-1-3-9)8-10(15)6-13-11/h9-10H,1-8H2,(H,13,16). The summed E-state index contributed by atoms with van der Waals surface area (Å²) >= 11 is 0. The average molecular weight is 237 g/mol. The van der Waals surface area contributed by atoms with Gasteiger partial charge in [0.25, 0.3) is 0 Å². The van der Waals surface area contributed by atoms with Gasteiger partial charge >= 0.3 is 11.8 Å². The summed E-state index contributed by atoms with van der Waals surface area (Å²) in [4.78, 5) is 27.1. The summed E-state index contributed by atoms with van der Waals surface area (Å²) in [6.07, 6.45) is 4.10. The number of nitrogens with zero attached hydrogens (tertiary/aromatic N) is 2. The van der Waals surface area contributed by atoms with Crippen LogP contribution < -0.4 is 5.32 Å². The third-order valence-corrected chi connectivity index (χ3v) is 4.26. The lowest BCUT2D eigenvalue weighted by Gasteiger charge is -2.45. The maximum absolute atomic E-state index is 11.7. The number of hydrogen-bond acceptors (Lipinski definition) is 3. The molecule has 0 aromatic carbocycles. The van der Waals surface area contributed by atoms with Crippen LogP contribution in [0.15, 0.2) is 0 Å². The normalized spacial score (nSPS) is 30.8. The Morgan fingerprint density at radius 3 is 2.76 bits per heavy atom. The van der Waals surface area contributed by atoms with Crippen molar-refractivity contribution in [1.82, 2.24) is 15.1 Å². The topological polar surface area (TPSA) is 52.7 Å². The summed E-state index contributed by atoms with van der Waals surface area (Å²) in [6, 6.07) is 0.189. The predicted molar refractivity (Wildman–Crippen MR) is 62.3 cm³/mol. The molecule has 3 aliphatic rings. The molecule has 0 aromatic heterocycles. The Hall–Kier alpha value is -1.10. The summed E-state index contributed by atoms with van der Waals surface area (Å²) in [7, 11) is 0. The molecule has 1 unspecified atom stereocenters. The number of piperazine rings is 2. The van der Waals surface area contributed by atoms with Crippen LogP contribution in [0, 0.1) is 5.92 Å². The van der Waals surface area contributed by atoms with Gasteiger partial charge in [0, 0.05) is 32.7 Å². The minimum absolute atomic E-state index is 0.189. The van der Waals surface area contributed by atoms with Gasteiger partial charge in [-0.1, -0.05) is 6.42 Å². The molecule has 2 aliphatic heterocycles. The number of carbonyl (C=O) groups is 2. The minimum atomic E-state index is -0.436. The van der Waals surface area contributed by atoms with Gasteiger partial charge in [-0.25, -0.2) is 0 Å². The van der Waals surface area contributed by atoms with Gasteiger partial charge in [-0.2, -0.15) is 0 Å². The van der Waals surface area contributed by atoms with Gasteiger partial charge in [-0.3, -0.25) is 14.5 Å². The first-order valence-corrected chi connectivity index (χ1v) is 6.55. The zero-order valence-electron chi connectivity index (χ0n) is 10.0.